The molecule has 1 fully saturated rings. The number of hydrogen-bond acceptors (Lipinski definition) is 4. The lowest BCUT2D eigenvalue weighted by Gasteiger charge is -2.30. The molecule has 4 rings (SSSR count). The third kappa shape index (κ3) is 5.16. The summed E-state index contributed by atoms with van der Waals surface area (Å²) in [6.45, 7) is 4.93. The molecule has 0 bridgehead atoms. The van der Waals surface area contributed by atoms with Gasteiger partial charge in [-0.1, -0.05) is 13.3 Å². The number of aromatic amines is 1. The van der Waals surface area contributed by atoms with E-state index in [1.165, 1.54) is 18.5 Å². The number of anilines is 1. The molecule has 1 aliphatic rings. The van der Waals surface area contributed by atoms with Crippen LogP contribution in [0, 0.1) is 5.92 Å². The van der Waals surface area contributed by atoms with Gasteiger partial charge in [0.2, 0.25) is 5.91 Å². The average molecular weight is 407 g/mol. The molecule has 1 saturated heterocycles. The fraction of sp³-hybridized carbons (Fsp3) is 0.435. The summed E-state index contributed by atoms with van der Waals surface area (Å²) in [5.74, 6) is 1.26. The van der Waals surface area contributed by atoms with Crippen molar-refractivity contribution >= 4 is 11.6 Å². The minimum atomic E-state index is 0.0638. The van der Waals surface area contributed by atoms with Crippen LogP contribution in [0.15, 0.2) is 48.9 Å². The van der Waals surface area contributed by atoms with E-state index in [1.807, 2.05) is 42.7 Å². The second-order valence-electron chi connectivity index (χ2n) is 8.00. The van der Waals surface area contributed by atoms with Crippen molar-refractivity contribution in [3.05, 3.63) is 60.4 Å². The lowest BCUT2D eigenvalue weighted by Crippen LogP contribution is -2.37. The number of piperidine rings is 1. The van der Waals surface area contributed by atoms with Crippen molar-refractivity contribution in [3.63, 3.8) is 0 Å². The molecule has 7 nitrogen and oxygen atoms in total. The second-order valence-corrected chi connectivity index (χ2v) is 8.00. The van der Waals surface area contributed by atoms with Crippen molar-refractivity contribution in [2.45, 2.75) is 45.6 Å². The minimum Gasteiger partial charge on any atom is -0.345 e. The third-order valence-corrected chi connectivity index (χ3v) is 5.70. The average Bonchev–Trinajstić information content (AvgIpc) is 3.46. The van der Waals surface area contributed by atoms with E-state index in [-0.39, 0.29) is 11.8 Å². The molecule has 1 aromatic carbocycles. The van der Waals surface area contributed by atoms with Crippen LogP contribution < -0.4 is 5.32 Å². The molecule has 0 spiro atoms. The number of H-pyrrole nitrogens is 1. The SMILES string of the molecule is CCCCc1ncc(CN2CCC(C(=O)Nc3ccc(-n4cccn4)cc3)CC2)[nH]1. The number of unbranched alkanes of at least 4 members (excludes halogenated alkanes) is 1. The number of rotatable bonds is 8. The number of carbonyl (C=O) groups is 1. The summed E-state index contributed by atoms with van der Waals surface area (Å²) < 4.78 is 1.80. The van der Waals surface area contributed by atoms with E-state index in [1.54, 1.807) is 10.9 Å². The van der Waals surface area contributed by atoms with Crippen molar-refractivity contribution in [2.24, 2.45) is 5.92 Å². The van der Waals surface area contributed by atoms with E-state index in [4.69, 9.17) is 0 Å². The van der Waals surface area contributed by atoms with Gasteiger partial charge >= 0.3 is 0 Å². The van der Waals surface area contributed by atoms with Gasteiger partial charge in [-0.3, -0.25) is 9.69 Å². The number of nitrogens with one attached hydrogen (secondary N) is 2. The standard InChI is InChI=1S/C23H30N6O/c1-2-3-5-22-24-16-20(26-22)17-28-14-10-18(11-15-28)23(30)27-19-6-8-21(9-7-19)29-13-4-12-25-29/h4,6-9,12-13,16,18H,2-3,5,10-11,14-15,17H2,1H3,(H,24,26)(H,27,30). The largest absolute Gasteiger partial charge is 0.345 e. The number of aromatic nitrogens is 4. The maximum absolute atomic E-state index is 12.7. The molecule has 158 valence electrons. The Morgan fingerprint density at radius 3 is 2.73 bits per heavy atom. The Balaban J connectivity index is 1.23. The lowest BCUT2D eigenvalue weighted by molar-refractivity contribution is -0.121. The van der Waals surface area contributed by atoms with Crippen molar-refractivity contribution < 1.29 is 4.79 Å². The highest BCUT2D eigenvalue weighted by Gasteiger charge is 2.25. The topological polar surface area (TPSA) is 78.8 Å². The number of likely N-dealkylation sites (tertiary alicyclic amines) is 1. The van der Waals surface area contributed by atoms with Crippen molar-refractivity contribution in [2.75, 3.05) is 18.4 Å². The summed E-state index contributed by atoms with van der Waals surface area (Å²) in [6.07, 6.45) is 10.7. The number of benzene rings is 1. The summed E-state index contributed by atoms with van der Waals surface area (Å²) in [6, 6.07) is 9.67. The molecule has 30 heavy (non-hydrogen) atoms. The molecule has 7 heteroatoms. The van der Waals surface area contributed by atoms with Gasteiger partial charge in [0.25, 0.3) is 0 Å². The highest BCUT2D eigenvalue weighted by Crippen LogP contribution is 2.21. The molecule has 2 aromatic heterocycles. The smallest absolute Gasteiger partial charge is 0.227 e. The van der Waals surface area contributed by atoms with Crippen molar-refractivity contribution in [1.29, 1.82) is 0 Å². The van der Waals surface area contributed by atoms with Gasteiger partial charge in [0.15, 0.2) is 0 Å². The number of amides is 1. The normalized spacial score (nSPS) is 15.4. The lowest BCUT2D eigenvalue weighted by atomic mass is 9.95. The maximum atomic E-state index is 12.7. The second kappa shape index (κ2) is 9.71. The molecular weight excluding hydrogens is 376 g/mol. The fourth-order valence-electron chi connectivity index (χ4n) is 3.91. The van der Waals surface area contributed by atoms with E-state index >= 15 is 0 Å². The van der Waals surface area contributed by atoms with Gasteiger partial charge in [-0.25, -0.2) is 9.67 Å². The van der Waals surface area contributed by atoms with Crippen LogP contribution in [0.5, 0.6) is 0 Å². The van der Waals surface area contributed by atoms with E-state index in [9.17, 15) is 4.79 Å². The third-order valence-electron chi connectivity index (χ3n) is 5.70. The highest BCUT2D eigenvalue weighted by atomic mass is 16.1. The van der Waals surface area contributed by atoms with Crippen LogP contribution in [0.4, 0.5) is 5.69 Å². The van der Waals surface area contributed by atoms with Gasteiger partial charge in [-0.2, -0.15) is 5.10 Å². The van der Waals surface area contributed by atoms with Gasteiger partial charge in [0.05, 0.1) is 5.69 Å². The molecule has 0 unspecified atom stereocenters. The van der Waals surface area contributed by atoms with Gasteiger partial charge in [0.1, 0.15) is 5.82 Å². The van der Waals surface area contributed by atoms with E-state index in [0.717, 1.165) is 56.1 Å². The first-order chi connectivity index (χ1) is 14.7. The molecule has 3 aromatic rings. The van der Waals surface area contributed by atoms with Crippen LogP contribution >= 0.6 is 0 Å². The summed E-state index contributed by atoms with van der Waals surface area (Å²) in [5.41, 5.74) is 2.97. The first kappa shape index (κ1) is 20.3. The zero-order valence-corrected chi connectivity index (χ0v) is 17.6. The Bertz CT molecular complexity index is 923. The number of carbonyl (C=O) groups excluding carboxylic acids is 1. The van der Waals surface area contributed by atoms with Crippen LogP contribution in [0.3, 0.4) is 0 Å². The van der Waals surface area contributed by atoms with Crippen LogP contribution in [0.25, 0.3) is 5.69 Å². The predicted octanol–water partition coefficient (Wildman–Crippen LogP) is 3.79. The quantitative estimate of drug-likeness (QED) is 0.597. The van der Waals surface area contributed by atoms with Gasteiger partial charge in [-0.05, 0) is 62.7 Å². The van der Waals surface area contributed by atoms with E-state index in [2.05, 4.69) is 32.2 Å². The van der Waals surface area contributed by atoms with Gasteiger partial charge in [-0.15, -0.1) is 0 Å². The molecule has 2 N–H and O–H groups in total. The van der Waals surface area contributed by atoms with Crippen LogP contribution in [0.2, 0.25) is 0 Å². The Hall–Kier alpha value is -2.93. The van der Waals surface area contributed by atoms with E-state index in [0.29, 0.717) is 0 Å². The van der Waals surface area contributed by atoms with Gasteiger partial charge in [0, 0.05) is 48.9 Å². The number of imidazole rings is 1. The summed E-state index contributed by atoms with van der Waals surface area (Å²) in [4.78, 5) is 23.0. The molecule has 3 heterocycles. The summed E-state index contributed by atoms with van der Waals surface area (Å²) in [7, 11) is 0. The van der Waals surface area contributed by atoms with Crippen LogP contribution in [-0.2, 0) is 17.8 Å². The Labute approximate surface area is 177 Å². The Kier molecular flexibility index (Phi) is 6.59. The zero-order chi connectivity index (χ0) is 20.8. The Morgan fingerprint density at radius 2 is 2.03 bits per heavy atom. The summed E-state index contributed by atoms with van der Waals surface area (Å²) >= 11 is 0. The number of hydrogen-bond donors (Lipinski definition) is 2. The zero-order valence-electron chi connectivity index (χ0n) is 17.6. The maximum Gasteiger partial charge on any atom is 0.227 e. The van der Waals surface area contributed by atoms with Gasteiger partial charge < -0.3 is 10.3 Å². The monoisotopic (exact) mass is 406 g/mol. The fourth-order valence-corrected chi connectivity index (χ4v) is 3.91. The van der Waals surface area contributed by atoms with E-state index < -0.39 is 0 Å². The number of aryl methyl sites for hydroxylation is 1. The molecule has 1 aliphatic heterocycles. The molecule has 1 amide bonds. The molecule has 0 atom stereocenters. The number of nitrogens with zero attached hydrogens (tertiary/aromatic N) is 4. The van der Waals surface area contributed by atoms with Crippen LogP contribution in [0.1, 0.15) is 44.1 Å². The van der Waals surface area contributed by atoms with Crippen molar-refractivity contribution in [3.8, 4) is 5.69 Å². The Morgan fingerprint density at radius 1 is 1.23 bits per heavy atom. The van der Waals surface area contributed by atoms with Crippen molar-refractivity contribution in [1.82, 2.24) is 24.6 Å². The molecule has 0 aliphatic carbocycles. The highest BCUT2D eigenvalue weighted by molar-refractivity contribution is 5.92. The first-order valence-corrected chi connectivity index (χ1v) is 10.9. The first-order valence-electron chi connectivity index (χ1n) is 10.9. The minimum absolute atomic E-state index is 0.0638. The molecule has 0 radical (unpaired) electrons. The molecule has 0 saturated carbocycles. The van der Waals surface area contributed by atoms with Crippen LogP contribution in [-0.4, -0.2) is 43.6 Å². The summed E-state index contributed by atoms with van der Waals surface area (Å²) in [5, 5.41) is 7.29. The molecular formula is C23H30N6O. The predicted molar refractivity (Wildman–Crippen MR) is 117 cm³/mol.